The van der Waals surface area contributed by atoms with Crippen molar-refractivity contribution in [1.82, 2.24) is 14.8 Å². The lowest BCUT2D eigenvalue weighted by atomic mass is 10.1. The molecule has 3 rings (SSSR count). The fourth-order valence-corrected chi connectivity index (χ4v) is 2.90. The van der Waals surface area contributed by atoms with E-state index in [1.165, 1.54) is 5.56 Å². The smallest absolute Gasteiger partial charge is 0.0916 e. The van der Waals surface area contributed by atoms with Gasteiger partial charge in [-0.05, 0) is 17.2 Å². The summed E-state index contributed by atoms with van der Waals surface area (Å²) in [4.78, 5) is 8.96. The molecule has 4 heteroatoms. The predicted molar refractivity (Wildman–Crippen MR) is 87.4 cm³/mol. The minimum absolute atomic E-state index is 0.397. The van der Waals surface area contributed by atoms with Crippen LogP contribution in [0, 0.1) is 0 Å². The Morgan fingerprint density at radius 2 is 1.68 bits per heavy atom. The number of rotatable bonds is 5. The maximum Gasteiger partial charge on any atom is 0.0916 e. The lowest BCUT2D eigenvalue weighted by molar-refractivity contribution is 0.0701. The molecule has 1 aromatic heterocycles. The Balaban J connectivity index is 1.46. The number of aliphatic hydroxyl groups is 1. The molecule has 1 aliphatic heterocycles. The van der Waals surface area contributed by atoms with Gasteiger partial charge in [0, 0.05) is 51.7 Å². The highest BCUT2D eigenvalue weighted by Crippen LogP contribution is 2.15. The van der Waals surface area contributed by atoms with E-state index in [1.807, 2.05) is 48.8 Å². The van der Waals surface area contributed by atoms with Crippen molar-refractivity contribution in [2.75, 3.05) is 32.7 Å². The first-order valence-electron chi connectivity index (χ1n) is 7.88. The summed E-state index contributed by atoms with van der Waals surface area (Å²) in [6.45, 7) is 5.76. The molecule has 1 aliphatic rings. The molecule has 1 atom stereocenters. The normalized spacial score (nSPS) is 18.2. The van der Waals surface area contributed by atoms with Gasteiger partial charge in [-0.1, -0.05) is 36.4 Å². The number of benzene rings is 1. The van der Waals surface area contributed by atoms with Gasteiger partial charge >= 0.3 is 0 Å². The van der Waals surface area contributed by atoms with Crippen LogP contribution in [0.15, 0.2) is 54.9 Å². The van der Waals surface area contributed by atoms with Gasteiger partial charge in [-0.2, -0.15) is 0 Å². The number of hydrogen-bond acceptors (Lipinski definition) is 4. The lowest BCUT2D eigenvalue weighted by Crippen LogP contribution is -2.47. The molecule has 4 nitrogen and oxygen atoms in total. The average Bonchev–Trinajstić information content (AvgIpc) is 2.58. The molecule has 0 unspecified atom stereocenters. The van der Waals surface area contributed by atoms with Crippen LogP contribution in [0.1, 0.15) is 17.2 Å². The van der Waals surface area contributed by atoms with Gasteiger partial charge in [0.1, 0.15) is 0 Å². The Hall–Kier alpha value is -1.75. The van der Waals surface area contributed by atoms with Gasteiger partial charge in [0.2, 0.25) is 0 Å². The Bertz CT molecular complexity index is 553. The largest absolute Gasteiger partial charge is 0.387 e. The number of aliphatic hydroxyl groups excluding tert-OH is 1. The molecule has 0 aliphatic carbocycles. The van der Waals surface area contributed by atoms with Crippen LogP contribution in [0.4, 0.5) is 0 Å². The fourth-order valence-electron chi connectivity index (χ4n) is 2.90. The Kier molecular flexibility index (Phi) is 5.16. The summed E-state index contributed by atoms with van der Waals surface area (Å²) in [5, 5.41) is 10.3. The summed E-state index contributed by atoms with van der Waals surface area (Å²) in [6, 6.07) is 14.0. The third-order valence-electron chi connectivity index (χ3n) is 4.21. The average molecular weight is 297 g/mol. The van der Waals surface area contributed by atoms with E-state index in [9.17, 15) is 5.11 Å². The fraction of sp³-hybridized carbons (Fsp3) is 0.389. The van der Waals surface area contributed by atoms with Crippen molar-refractivity contribution in [3.63, 3.8) is 0 Å². The topological polar surface area (TPSA) is 39.6 Å². The number of pyridine rings is 1. The minimum atomic E-state index is -0.397. The van der Waals surface area contributed by atoms with E-state index in [4.69, 9.17) is 0 Å². The van der Waals surface area contributed by atoms with Gasteiger partial charge < -0.3 is 5.11 Å². The van der Waals surface area contributed by atoms with E-state index in [2.05, 4.69) is 20.9 Å². The summed E-state index contributed by atoms with van der Waals surface area (Å²) in [7, 11) is 0. The highest BCUT2D eigenvalue weighted by atomic mass is 16.3. The predicted octanol–water partition coefficient (Wildman–Crippen LogP) is 1.93. The van der Waals surface area contributed by atoms with Crippen LogP contribution in [0.25, 0.3) is 0 Å². The standard InChI is InChI=1S/C18H23N3O/c22-18(17-6-2-1-3-7-17)15-21-11-9-20(10-12-21)14-16-5-4-8-19-13-16/h1-8,13,18,22H,9-12,14-15H2/t18-/m0/s1. The second-order valence-electron chi connectivity index (χ2n) is 5.86. The summed E-state index contributed by atoms with van der Waals surface area (Å²) in [6.07, 6.45) is 3.35. The molecule has 2 heterocycles. The molecule has 22 heavy (non-hydrogen) atoms. The Morgan fingerprint density at radius 3 is 2.36 bits per heavy atom. The number of aromatic nitrogens is 1. The third kappa shape index (κ3) is 4.13. The maximum absolute atomic E-state index is 10.3. The zero-order valence-corrected chi connectivity index (χ0v) is 12.8. The van der Waals surface area contributed by atoms with Crippen molar-refractivity contribution < 1.29 is 5.11 Å². The quantitative estimate of drug-likeness (QED) is 0.915. The van der Waals surface area contributed by atoms with Crippen molar-refractivity contribution >= 4 is 0 Å². The minimum Gasteiger partial charge on any atom is -0.387 e. The van der Waals surface area contributed by atoms with E-state index in [-0.39, 0.29) is 0 Å². The van der Waals surface area contributed by atoms with Gasteiger partial charge in [0.05, 0.1) is 6.10 Å². The van der Waals surface area contributed by atoms with Crippen LogP contribution in [0.2, 0.25) is 0 Å². The molecule has 1 saturated heterocycles. The summed E-state index contributed by atoms with van der Waals surface area (Å²) < 4.78 is 0. The van der Waals surface area contributed by atoms with Crippen molar-refractivity contribution in [2.45, 2.75) is 12.6 Å². The first kappa shape index (κ1) is 15.2. The van der Waals surface area contributed by atoms with Gasteiger partial charge in [-0.25, -0.2) is 0 Å². The highest BCUT2D eigenvalue weighted by molar-refractivity contribution is 5.17. The van der Waals surface area contributed by atoms with Crippen molar-refractivity contribution in [1.29, 1.82) is 0 Å². The van der Waals surface area contributed by atoms with Crippen molar-refractivity contribution in [3.05, 3.63) is 66.0 Å². The monoisotopic (exact) mass is 297 g/mol. The third-order valence-corrected chi connectivity index (χ3v) is 4.21. The van der Waals surface area contributed by atoms with E-state index in [1.54, 1.807) is 0 Å². The van der Waals surface area contributed by atoms with Crippen LogP contribution in [0.3, 0.4) is 0 Å². The van der Waals surface area contributed by atoms with Crippen LogP contribution >= 0.6 is 0 Å². The molecule has 0 saturated carbocycles. The second-order valence-corrected chi connectivity index (χ2v) is 5.86. The van der Waals surface area contributed by atoms with E-state index < -0.39 is 6.10 Å². The number of β-amino-alcohol motifs (C(OH)–C–C–N with tert-alkyl or cyclic N) is 1. The molecule has 1 N–H and O–H groups in total. The highest BCUT2D eigenvalue weighted by Gasteiger charge is 2.19. The number of nitrogens with zero attached hydrogens (tertiary/aromatic N) is 3. The van der Waals surface area contributed by atoms with Crippen LogP contribution < -0.4 is 0 Å². The molecule has 1 fully saturated rings. The molecule has 2 aromatic rings. The lowest BCUT2D eigenvalue weighted by Gasteiger charge is -2.35. The van der Waals surface area contributed by atoms with Gasteiger partial charge in [-0.3, -0.25) is 14.8 Å². The van der Waals surface area contributed by atoms with Crippen LogP contribution in [0.5, 0.6) is 0 Å². The van der Waals surface area contributed by atoms with Crippen LogP contribution in [-0.2, 0) is 6.54 Å². The van der Waals surface area contributed by atoms with E-state index >= 15 is 0 Å². The number of hydrogen-bond donors (Lipinski definition) is 1. The van der Waals surface area contributed by atoms with E-state index in [0.29, 0.717) is 6.54 Å². The molecule has 0 bridgehead atoms. The van der Waals surface area contributed by atoms with Gasteiger partial charge in [0.15, 0.2) is 0 Å². The molecule has 116 valence electrons. The molecule has 0 radical (unpaired) electrons. The number of piperazine rings is 1. The first-order chi connectivity index (χ1) is 10.8. The molecule has 1 aromatic carbocycles. The Morgan fingerprint density at radius 1 is 0.955 bits per heavy atom. The summed E-state index contributed by atoms with van der Waals surface area (Å²) in [5.41, 5.74) is 2.26. The van der Waals surface area contributed by atoms with Crippen molar-refractivity contribution in [3.8, 4) is 0 Å². The molecule has 0 spiro atoms. The first-order valence-corrected chi connectivity index (χ1v) is 7.88. The summed E-state index contributed by atoms with van der Waals surface area (Å²) in [5.74, 6) is 0. The van der Waals surface area contributed by atoms with Crippen LogP contribution in [-0.4, -0.2) is 52.6 Å². The SMILES string of the molecule is O[C@@H](CN1CCN(Cc2cccnc2)CC1)c1ccccc1. The van der Waals surface area contributed by atoms with Gasteiger partial charge in [0.25, 0.3) is 0 Å². The Labute approximate surface area is 132 Å². The molecular formula is C18H23N3O. The van der Waals surface area contributed by atoms with Gasteiger partial charge in [-0.15, -0.1) is 0 Å². The second kappa shape index (κ2) is 7.49. The summed E-state index contributed by atoms with van der Waals surface area (Å²) >= 11 is 0. The maximum atomic E-state index is 10.3. The van der Waals surface area contributed by atoms with E-state index in [0.717, 1.165) is 38.3 Å². The van der Waals surface area contributed by atoms with Crippen molar-refractivity contribution in [2.24, 2.45) is 0 Å². The molecular weight excluding hydrogens is 274 g/mol. The zero-order valence-electron chi connectivity index (χ0n) is 12.8. The zero-order chi connectivity index (χ0) is 15.2. The molecule has 0 amide bonds.